The van der Waals surface area contributed by atoms with Gasteiger partial charge in [-0.25, -0.2) is 0 Å². The first-order valence-electron chi connectivity index (χ1n) is 10.1. The van der Waals surface area contributed by atoms with Gasteiger partial charge in [-0.05, 0) is 34.1 Å². The molecule has 0 bridgehead atoms. The van der Waals surface area contributed by atoms with Crippen molar-refractivity contribution in [3.63, 3.8) is 0 Å². The van der Waals surface area contributed by atoms with E-state index in [9.17, 15) is 0 Å². The van der Waals surface area contributed by atoms with Crippen LogP contribution in [0.25, 0.3) is 0 Å². The van der Waals surface area contributed by atoms with E-state index in [1.807, 2.05) is 0 Å². The first kappa shape index (κ1) is 19.9. The molecule has 0 amide bonds. The number of hydrogen-bond donors (Lipinski definition) is 0. The van der Waals surface area contributed by atoms with Crippen LogP contribution in [0.4, 0.5) is 0 Å². The van der Waals surface area contributed by atoms with Crippen molar-refractivity contribution in [3.8, 4) is 11.8 Å². The van der Waals surface area contributed by atoms with Crippen LogP contribution in [0.15, 0.2) is 97.6 Å². The molecule has 0 radical (unpaired) electrons. The van der Waals surface area contributed by atoms with Gasteiger partial charge in [0.15, 0.2) is 8.07 Å². The van der Waals surface area contributed by atoms with Crippen LogP contribution in [-0.2, 0) is 0 Å². The predicted octanol–water partition coefficient (Wildman–Crippen LogP) is 4.88. The van der Waals surface area contributed by atoms with E-state index in [-0.39, 0.29) is 0 Å². The molecule has 140 valence electrons. The van der Waals surface area contributed by atoms with Crippen LogP contribution < -0.4 is 15.6 Å². The van der Waals surface area contributed by atoms with Crippen LogP contribution in [0.3, 0.4) is 0 Å². The second-order valence-electron chi connectivity index (χ2n) is 7.08. The van der Waals surface area contributed by atoms with Crippen molar-refractivity contribution in [2.45, 2.75) is 32.2 Å². The molecular weight excluding hydrogens is 352 g/mol. The standard InChI is InChI=1S/C27H28Si/c1-3-5-6-9-16-24-17-14-15-22-27(24)28(23-4-2,25-18-10-7-11-19-25)26-20-12-8-13-21-26/h4,7-8,10-15,17-22H,2-3,5-6,23H2,1H3. The van der Waals surface area contributed by atoms with E-state index >= 15 is 0 Å². The van der Waals surface area contributed by atoms with Gasteiger partial charge in [-0.2, -0.15) is 0 Å². The van der Waals surface area contributed by atoms with Gasteiger partial charge in [-0.3, -0.25) is 0 Å². The van der Waals surface area contributed by atoms with E-state index in [2.05, 4.69) is 116 Å². The average molecular weight is 381 g/mol. The third-order valence-corrected chi connectivity index (χ3v) is 10.1. The molecule has 0 atom stereocenters. The molecule has 28 heavy (non-hydrogen) atoms. The molecule has 0 aliphatic rings. The zero-order chi connectivity index (χ0) is 19.7. The zero-order valence-corrected chi connectivity index (χ0v) is 17.7. The van der Waals surface area contributed by atoms with Gasteiger partial charge in [0.2, 0.25) is 0 Å². The Hall–Kier alpha value is -2.82. The van der Waals surface area contributed by atoms with Crippen molar-refractivity contribution in [2.24, 2.45) is 0 Å². The van der Waals surface area contributed by atoms with Crippen molar-refractivity contribution in [1.82, 2.24) is 0 Å². The Balaban J connectivity index is 2.26. The highest BCUT2D eigenvalue weighted by Crippen LogP contribution is 2.15. The van der Waals surface area contributed by atoms with Gasteiger partial charge in [0.1, 0.15) is 0 Å². The molecule has 3 aromatic rings. The summed E-state index contributed by atoms with van der Waals surface area (Å²) < 4.78 is 0. The van der Waals surface area contributed by atoms with E-state index < -0.39 is 8.07 Å². The first-order valence-corrected chi connectivity index (χ1v) is 12.3. The molecule has 0 aromatic heterocycles. The second-order valence-corrected chi connectivity index (χ2v) is 11.0. The molecule has 0 fully saturated rings. The van der Waals surface area contributed by atoms with E-state index in [0.717, 1.165) is 18.9 Å². The Morgan fingerprint density at radius 1 is 0.821 bits per heavy atom. The van der Waals surface area contributed by atoms with E-state index in [0.29, 0.717) is 0 Å². The van der Waals surface area contributed by atoms with Gasteiger partial charge in [-0.15, -0.1) is 6.58 Å². The summed E-state index contributed by atoms with van der Waals surface area (Å²) in [6.07, 6.45) is 5.38. The smallest absolute Gasteiger partial charge is 0.103 e. The van der Waals surface area contributed by atoms with Crippen LogP contribution in [-0.4, -0.2) is 8.07 Å². The summed E-state index contributed by atoms with van der Waals surface area (Å²) in [6.45, 7) is 6.35. The molecule has 0 N–H and O–H groups in total. The van der Waals surface area contributed by atoms with Crippen molar-refractivity contribution in [3.05, 3.63) is 103 Å². The number of hydrogen-bond acceptors (Lipinski definition) is 0. The largest absolute Gasteiger partial charge is 0.153 e. The summed E-state index contributed by atoms with van der Waals surface area (Å²) in [5, 5.41) is 4.20. The Labute approximate surface area is 171 Å². The molecule has 0 unspecified atom stereocenters. The molecule has 0 heterocycles. The number of allylic oxidation sites excluding steroid dienone is 1. The lowest BCUT2D eigenvalue weighted by molar-refractivity contribution is 0.828. The summed E-state index contributed by atoms with van der Waals surface area (Å²) in [4.78, 5) is 0. The van der Waals surface area contributed by atoms with Crippen molar-refractivity contribution < 1.29 is 0 Å². The van der Waals surface area contributed by atoms with Gasteiger partial charge in [-0.1, -0.05) is 110 Å². The molecule has 0 spiro atoms. The van der Waals surface area contributed by atoms with Gasteiger partial charge >= 0.3 is 0 Å². The van der Waals surface area contributed by atoms with Crippen LogP contribution in [0.1, 0.15) is 31.7 Å². The Morgan fingerprint density at radius 2 is 1.39 bits per heavy atom. The molecule has 0 saturated carbocycles. The fourth-order valence-corrected chi connectivity index (χ4v) is 8.46. The molecule has 1 heteroatoms. The highest BCUT2D eigenvalue weighted by atomic mass is 28.3. The SMILES string of the molecule is C=CC[Si](c1ccccc1)(c1ccccc1)c1ccccc1C#CCCCC. The van der Waals surface area contributed by atoms with Crippen LogP contribution in [0.2, 0.25) is 6.04 Å². The normalized spacial score (nSPS) is 10.8. The zero-order valence-electron chi connectivity index (χ0n) is 16.7. The maximum Gasteiger partial charge on any atom is 0.153 e. The highest BCUT2D eigenvalue weighted by molar-refractivity contribution is 7.12. The quantitative estimate of drug-likeness (QED) is 0.180. The van der Waals surface area contributed by atoms with Crippen molar-refractivity contribution >= 4 is 23.6 Å². The van der Waals surface area contributed by atoms with Crippen LogP contribution >= 0.6 is 0 Å². The minimum Gasteiger partial charge on any atom is -0.103 e. The number of rotatable bonds is 7. The lowest BCUT2D eigenvalue weighted by Crippen LogP contribution is -2.67. The van der Waals surface area contributed by atoms with E-state index in [1.165, 1.54) is 27.5 Å². The molecule has 0 saturated heterocycles. The predicted molar refractivity (Wildman–Crippen MR) is 125 cm³/mol. The van der Waals surface area contributed by atoms with Crippen molar-refractivity contribution in [1.29, 1.82) is 0 Å². The molecule has 0 nitrogen and oxygen atoms in total. The molecular formula is C27H28Si. The summed E-state index contributed by atoms with van der Waals surface area (Å²) in [7, 11) is -2.26. The Morgan fingerprint density at radius 3 is 1.96 bits per heavy atom. The lowest BCUT2D eigenvalue weighted by Gasteiger charge is -2.33. The fraction of sp³-hybridized carbons (Fsp3) is 0.185. The van der Waals surface area contributed by atoms with Gasteiger partial charge < -0.3 is 0 Å². The van der Waals surface area contributed by atoms with Crippen LogP contribution in [0, 0.1) is 11.8 Å². The highest BCUT2D eigenvalue weighted by Gasteiger charge is 2.39. The van der Waals surface area contributed by atoms with E-state index in [4.69, 9.17) is 0 Å². The van der Waals surface area contributed by atoms with Gasteiger partial charge in [0.25, 0.3) is 0 Å². The number of unbranched alkanes of at least 4 members (excludes halogenated alkanes) is 2. The molecule has 0 aliphatic heterocycles. The maximum absolute atomic E-state index is 4.14. The monoisotopic (exact) mass is 380 g/mol. The Kier molecular flexibility index (Phi) is 7.06. The van der Waals surface area contributed by atoms with Gasteiger partial charge in [0, 0.05) is 12.0 Å². The lowest BCUT2D eigenvalue weighted by atomic mass is 10.2. The van der Waals surface area contributed by atoms with Crippen LogP contribution in [0.5, 0.6) is 0 Å². The third kappa shape index (κ3) is 4.19. The molecule has 3 aromatic carbocycles. The number of benzene rings is 3. The Bertz CT molecular complexity index is 906. The summed E-state index contributed by atoms with van der Waals surface area (Å²) in [5.41, 5.74) is 1.17. The van der Waals surface area contributed by atoms with E-state index in [1.54, 1.807) is 0 Å². The first-order chi connectivity index (χ1) is 13.8. The topological polar surface area (TPSA) is 0 Å². The molecule has 0 aliphatic carbocycles. The van der Waals surface area contributed by atoms with Crippen molar-refractivity contribution in [2.75, 3.05) is 0 Å². The third-order valence-electron chi connectivity index (χ3n) is 5.25. The second kappa shape index (κ2) is 9.92. The molecule has 3 rings (SSSR count). The fourth-order valence-electron chi connectivity index (χ4n) is 3.87. The summed E-state index contributed by atoms with van der Waals surface area (Å²) >= 11 is 0. The average Bonchev–Trinajstić information content (AvgIpc) is 2.77. The summed E-state index contributed by atoms with van der Waals surface area (Å²) in [5.74, 6) is 6.91. The maximum atomic E-state index is 4.14. The minimum atomic E-state index is -2.26. The minimum absolute atomic E-state index is 0.953. The van der Waals surface area contributed by atoms with Gasteiger partial charge in [0.05, 0.1) is 0 Å². The summed E-state index contributed by atoms with van der Waals surface area (Å²) in [6, 6.07) is 31.6.